The lowest BCUT2D eigenvalue weighted by atomic mass is 9.79. The molecule has 24 heavy (non-hydrogen) atoms. The average Bonchev–Trinajstić information content (AvgIpc) is 3.28. The van der Waals surface area contributed by atoms with Crippen LogP contribution in [0.15, 0.2) is 11.1 Å². The van der Waals surface area contributed by atoms with Crippen molar-refractivity contribution in [2.24, 2.45) is 11.8 Å². The first kappa shape index (κ1) is 19.4. The molecule has 2 aliphatic carbocycles. The number of rotatable bonds is 10. The van der Waals surface area contributed by atoms with Crippen molar-refractivity contribution in [1.29, 1.82) is 0 Å². The van der Waals surface area contributed by atoms with E-state index in [4.69, 9.17) is 0 Å². The molecule has 0 heterocycles. The van der Waals surface area contributed by atoms with Crippen LogP contribution in [0.5, 0.6) is 0 Å². The Balaban J connectivity index is 2.36. The first-order valence-electron chi connectivity index (χ1n) is 10.5. The van der Waals surface area contributed by atoms with Crippen LogP contribution in [0.4, 0.5) is 0 Å². The van der Waals surface area contributed by atoms with Crippen LogP contribution in [0.25, 0.3) is 0 Å². The molecule has 2 rings (SSSR count). The van der Waals surface area contributed by atoms with Crippen molar-refractivity contribution < 1.29 is 9.59 Å². The molecule has 0 spiro atoms. The summed E-state index contributed by atoms with van der Waals surface area (Å²) in [6.07, 6.45) is 14.6. The lowest BCUT2D eigenvalue weighted by molar-refractivity contribution is -0.119. The number of Topliss-reactive ketones (excluding diaryl/α,β-unsaturated/α-hetero) is 2. The molecule has 0 aliphatic heterocycles. The van der Waals surface area contributed by atoms with E-state index in [1.54, 1.807) is 0 Å². The maximum atomic E-state index is 13.1. The Morgan fingerprint density at radius 1 is 0.667 bits per heavy atom. The van der Waals surface area contributed by atoms with E-state index in [9.17, 15) is 9.59 Å². The van der Waals surface area contributed by atoms with E-state index in [-0.39, 0.29) is 0 Å². The van der Waals surface area contributed by atoms with Crippen LogP contribution in [-0.2, 0) is 9.59 Å². The van der Waals surface area contributed by atoms with E-state index < -0.39 is 0 Å². The fourth-order valence-corrected chi connectivity index (χ4v) is 4.57. The zero-order valence-corrected chi connectivity index (χ0v) is 15.9. The van der Waals surface area contributed by atoms with Crippen LogP contribution in [0, 0.1) is 11.8 Å². The number of hydrogen-bond donors (Lipinski definition) is 0. The number of hydrogen-bond acceptors (Lipinski definition) is 2. The standard InChI is InChI=1S/C22H36O2/c1-3-5-15-19(23)21(17-11-7-8-12-17)22(18-13-9-10-14-18)20(24)16-6-4-2/h17-18H,3-16H2,1-2H3. The fraction of sp³-hybridized carbons (Fsp3) is 0.818. The van der Waals surface area contributed by atoms with Gasteiger partial charge in [0.1, 0.15) is 0 Å². The molecule has 0 bridgehead atoms. The van der Waals surface area contributed by atoms with Gasteiger partial charge in [0.2, 0.25) is 0 Å². The fourth-order valence-electron chi connectivity index (χ4n) is 4.57. The zero-order chi connectivity index (χ0) is 17.4. The summed E-state index contributed by atoms with van der Waals surface area (Å²) in [6.45, 7) is 4.27. The molecule has 136 valence electrons. The van der Waals surface area contributed by atoms with Gasteiger partial charge in [-0.1, -0.05) is 52.4 Å². The van der Waals surface area contributed by atoms with Gasteiger partial charge in [0.15, 0.2) is 11.6 Å². The summed E-state index contributed by atoms with van der Waals surface area (Å²) in [4.78, 5) is 26.1. The summed E-state index contributed by atoms with van der Waals surface area (Å²) in [5, 5.41) is 0. The molecule has 0 aromatic heterocycles. The maximum Gasteiger partial charge on any atom is 0.159 e. The van der Waals surface area contributed by atoms with Crippen LogP contribution in [0.2, 0.25) is 0 Å². The number of ketones is 2. The predicted molar refractivity (Wildman–Crippen MR) is 100 cm³/mol. The normalized spacial score (nSPS) is 20.4. The van der Waals surface area contributed by atoms with Gasteiger partial charge in [0.05, 0.1) is 0 Å². The summed E-state index contributed by atoms with van der Waals surface area (Å²) in [6, 6.07) is 0. The molecule has 0 unspecified atom stereocenters. The highest BCUT2D eigenvalue weighted by atomic mass is 16.1. The minimum absolute atomic E-state index is 0.301. The van der Waals surface area contributed by atoms with Crippen molar-refractivity contribution >= 4 is 11.6 Å². The Bertz CT molecular complexity index is 407. The van der Waals surface area contributed by atoms with Gasteiger partial charge in [-0.25, -0.2) is 0 Å². The van der Waals surface area contributed by atoms with E-state index in [2.05, 4.69) is 13.8 Å². The van der Waals surface area contributed by atoms with Crippen molar-refractivity contribution in [3.63, 3.8) is 0 Å². The number of unbranched alkanes of at least 4 members (excludes halogenated alkanes) is 2. The van der Waals surface area contributed by atoms with Crippen LogP contribution in [0.1, 0.15) is 104 Å². The lowest BCUT2D eigenvalue weighted by Crippen LogP contribution is -2.22. The van der Waals surface area contributed by atoms with Crippen molar-refractivity contribution in [1.82, 2.24) is 0 Å². The second-order valence-corrected chi connectivity index (χ2v) is 7.84. The van der Waals surface area contributed by atoms with Crippen LogP contribution < -0.4 is 0 Å². The van der Waals surface area contributed by atoms with Crippen molar-refractivity contribution in [3.8, 4) is 0 Å². The molecule has 2 fully saturated rings. The smallest absolute Gasteiger partial charge is 0.159 e. The Hall–Kier alpha value is -0.920. The minimum atomic E-state index is 0.301. The third-order valence-electron chi connectivity index (χ3n) is 5.93. The van der Waals surface area contributed by atoms with E-state index in [0.29, 0.717) is 36.2 Å². The molecule has 0 amide bonds. The van der Waals surface area contributed by atoms with E-state index >= 15 is 0 Å². The van der Waals surface area contributed by atoms with E-state index in [0.717, 1.165) is 62.5 Å². The number of carbonyl (C=O) groups excluding carboxylic acids is 2. The molecule has 0 atom stereocenters. The van der Waals surface area contributed by atoms with Gasteiger partial charge in [-0.15, -0.1) is 0 Å². The summed E-state index contributed by atoms with van der Waals surface area (Å²) in [5.74, 6) is 1.34. The van der Waals surface area contributed by atoms with Crippen LogP contribution in [0.3, 0.4) is 0 Å². The molecule has 2 aliphatic rings. The number of carbonyl (C=O) groups is 2. The molecule has 0 saturated heterocycles. The second kappa shape index (κ2) is 10.2. The van der Waals surface area contributed by atoms with Gasteiger partial charge in [0.25, 0.3) is 0 Å². The summed E-state index contributed by atoms with van der Waals surface area (Å²) in [7, 11) is 0. The summed E-state index contributed by atoms with van der Waals surface area (Å²) in [5.41, 5.74) is 1.99. The largest absolute Gasteiger partial charge is 0.295 e. The van der Waals surface area contributed by atoms with Crippen molar-refractivity contribution in [3.05, 3.63) is 11.1 Å². The van der Waals surface area contributed by atoms with Crippen LogP contribution >= 0.6 is 0 Å². The quantitative estimate of drug-likeness (QED) is 0.447. The van der Waals surface area contributed by atoms with Crippen molar-refractivity contribution in [2.75, 3.05) is 0 Å². The third-order valence-corrected chi connectivity index (χ3v) is 5.93. The van der Waals surface area contributed by atoms with Gasteiger partial charge in [0, 0.05) is 24.0 Å². The minimum Gasteiger partial charge on any atom is -0.295 e. The summed E-state index contributed by atoms with van der Waals surface area (Å²) >= 11 is 0. The Labute approximate surface area is 148 Å². The highest BCUT2D eigenvalue weighted by Crippen LogP contribution is 2.40. The highest BCUT2D eigenvalue weighted by Gasteiger charge is 2.34. The lowest BCUT2D eigenvalue weighted by Gasteiger charge is -2.23. The molecule has 2 nitrogen and oxygen atoms in total. The van der Waals surface area contributed by atoms with E-state index in [1.165, 1.54) is 25.7 Å². The first-order valence-corrected chi connectivity index (χ1v) is 10.5. The molecule has 0 aromatic carbocycles. The molecule has 0 radical (unpaired) electrons. The summed E-state index contributed by atoms with van der Waals surface area (Å²) < 4.78 is 0. The molecule has 2 saturated carbocycles. The third kappa shape index (κ3) is 5.04. The Morgan fingerprint density at radius 3 is 1.29 bits per heavy atom. The molecular weight excluding hydrogens is 296 g/mol. The van der Waals surface area contributed by atoms with Gasteiger partial charge in [-0.2, -0.15) is 0 Å². The van der Waals surface area contributed by atoms with E-state index in [1.807, 2.05) is 0 Å². The van der Waals surface area contributed by atoms with Gasteiger partial charge in [-0.3, -0.25) is 9.59 Å². The SMILES string of the molecule is CCCCC(=O)C(=C(C(=O)CCCC)C1CCCC1)C1CCCC1. The Morgan fingerprint density at radius 2 is 1.00 bits per heavy atom. The monoisotopic (exact) mass is 332 g/mol. The highest BCUT2D eigenvalue weighted by molar-refractivity contribution is 6.07. The molecular formula is C22H36O2. The molecule has 0 aromatic rings. The molecule has 2 heteroatoms. The second-order valence-electron chi connectivity index (χ2n) is 7.84. The first-order chi connectivity index (χ1) is 11.7. The Kier molecular flexibility index (Phi) is 8.21. The zero-order valence-electron chi connectivity index (χ0n) is 15.9. The van der Waals surface area contributed by atoms with Gasteiger partial charge in [-0.05, 0) is 50.4 Å². The van der Waals surface area contributed by atoms with Crippen LogP contribution in [-0.4, -0.2) is 11.6 Å². The average molecular weight is 333 g/mol. The maximum absolute atomic E-state index is 13.1. The molecule has 0 N–H and O–H groups in total. The van der Waals surface area contributed by atoms with Crippen molar-refractivity contribution in [2.45, 2.75) is 104 Å². The predicted octanol–water partition coefficient (Wildman–Crippen LogP) is 6.18. The topological polar surface area (TPSA) is 34.1 Å². The van der Waals surface area contributed by atoms with Gasteiger partial charge >= 0.3 is 0 Å². The number of allylic oxidation sites excluding steroid dienone is 2. The van der Waals surface area contributed by atoms with Gasteiger partial charge < -0.3 is 0 Å².